The lowest BCUT2D eigenvalue weighted by atomic mass is 10.1. The van der Waals surface area contributed by atoms with E-state index < -0.39 is 0 Å². The van der Waals surface area contributed by atoms with Gasteiger partial charge in [-0.2, -0.15) is 0 Å². The zero-order chi connectivity index (χ0) is 19.8. The molecule has 5 heteroatoms. The van der Waals surface area contributed by atoms with Gasteiger partial charge in [0, 0.05) is 29.8 Å². The molecule has 0 saturated heterocycles. The first-order chi connectivity index (χ1) is 13.6. The van der Waals surface area contributed by atoms with Crippen LogP contribution in [0.5, 0.6) is 0 Å². The molecule has 0 aliphatic carbocycles. The highest BCUT2D eigenvalue weighted by Gasteiger charge is 2.11. The molecule has 4 nitrogen and oxygen atoms in total. The quantitative estimate of drug-likeness (QED) is 0.660. The number of amides is 2. The third-order valence-electron chi connectivity index (χ3n) is 4.33. The molecule has 0 atom stereocenters. The standard InChI is InChI=1S/C23H21FN2O2/c24-21-12-5-4-9-20(21)16-26-23(28)19-11-6-10-18(15-19)22(27)25-14-13-17-7-2-1-3-8-17/h1-12,15H,13-14,16H2,(H,25,27)(H,26,28). The maximum Gasteiger partial charge on any atom is 0.251 e. The minimum Gasteiger partial charge on any atom is -0.352 e. The van der Waals surface area contributed by atoms with Gasteiger partial charge in [0.1, 0.15) is 5.82 Å². The fraction of sp³-hybridized carbons (Fsp3) is 0.130. The Labute approximate surface area is 163 Å². The Balaban J connectivity index is 1.55. The molecule has 0 fully saturated rings. The summed E-state index contributed by atoms with van der Waals surface area (Å²) in [7, 11) is 0. The van der Waals surface area contributed by atoms with E-state index in [0.29, 0.717) is 23.2 Å². The Morgan fingerprint density at radius 2 is 1.39 bits per heavy atom. The molecule has 0 radical (unpaired) electrons. The third kappa shape index (κ3) is 5.27. The summed E-state index contributed by atoms with van der Waals surface area (Å²) < 4.78 is 13.6. The first-order valence-corrected chi connectivity index (χ1v) is 9.07. The lowest BCUT2D eigenvalue weighted by Crippen LogP contribution is -2.27. The number of carbonyl (C=O) groups is 2. The van der Waals surface area contributed by atoms with Crippen LogP contribution >= 0.6 is 0 Å². The number of benzene rings is 3. The van der Waals surface area contributed by atoms with Crippen molar-refractivity contribution in [2.75, 3.05) is 6.54 Å². The summed E-state index contributed by atoms with van der Waals surface area (Å²) in [6.07, 6.45) is 0.732. The molecule has 3 aromatic rings. The third-order valence-corrected chi connectivity index (χ3v) is 4.33. The van der Waals surface area contributed by atoms with Gasteiger partial charge in [-0.3, -0.25) is 9.59 Å². The largest absolute Gasteiger partial charge is 0.352 e. The smallest absolute Gasteiger partial charge is 0.251 e. The summed E-state index contributed by atoms with van der Waals surface area (Å²) in [4.78, 5) is 24.7. The molecule has 0 unspecified atom stereocenters. The van der Waals surface area contributed by atoms with Crippen LogP contribution in [0.15, 0.2) is 78.9 Å². The lowest BCUT2D eigenvalue weighted by Gasteiger charge is -2.09. The second kappa shape index (κ2) is 9.46. The van der Waals surface area contributed by atoms with E-state index in [0.717, 1.165) is 12.0 Å². The fourth-order valence-corrected chi connectivity index (χ4v) is 2.79. The van der Waals surface area contributed by atoms with Gasteiger partial charge in [0.25, 0.3) is 11.8 Å². The van der Waals surface area contributed by atoms with Crippen LogP contribution in [0.3, 0.4) is 0 Å². The Kier molecular flexibility index (Phi) is 6.52. The fourth-order valence-electron chi connectivity index (χ4n) is 2.79. The van der Waals surface area contributed by atoms with Crippen LogP contribution in [0.25, 0.3) is 0 Å². The molecule has 0 aromatic heterocycles. The number of nitrogens with one attached hydrogen (secondary N) is 2. The first-order valence-electron chi connectivity index (χ1n) is 9.07. The minimum absolute atomic E-state index is 0.0823. The van der Waals surface area contributed by atoms with Crippen LogP contribution < -0.4 is 10.6 Å². The molecule has 142 valence electrons. The molecule has 0 heterocycles. The SMILES string of the molecule is O=C(NCCc1ccccc1)c1cccc(C(=O)NCc2ccccc2F)c1. The molecule has 28 heavy (non-hydrogen) atoms. The summed E-state index contributed by atoms with van der Waals surface area (Å²) in [5.41, 5.74) is 2.31. The van der Waals surface area contributed by atoms with Crippen LogP contribution in [0.2, 0.25) is 0 Å². The van der Waals surface area contributed by atoms with Gasteiger partial charge in [0.15, 0.2) is 0 Å². The van der Waals surface area contributed by atoms with E-state index in [1.165, 1.54) is 12.1 Å². The Morgan fingerprint density at radius 3 is 2.11 bits per heavy atom. The Morgan fingerprint density at radius 1 is 0.750 bits per heavy atom. The molecule has 0 aliphatic heterocycles. The van der Waals surface area contributed by atoms with Crippen LogP contribution in [-0.2, 0) is 13.0 Å². The Bertz CT molecular complexity index is 958. The van der Waals surface area contributed by atoms with Crippen molar-refractivity contribution >= 4 is 11.8 Å². The monoisotopic (exact) mass is 376 g/mol. The maximum atomic E-state index is 13.6. The molecule has 0 aliphatic rings. The lowest BCUT2D eigenvalue weighted by molar-refractivity contribution is 0.0950. The number of hydrogen-bond donors (Lipinski definition) is 2. The van der Waals surface area contributed by atoms with E-state index in [-0.39, 0.29) is 24.2 Å². The molecule has 3 aromatic carbocycles. The number of carbonyl (C=O) groups excluding carboxylic acids is 2. The van der Waals surface area contributed by atoms with E-state index in [9.17, 15) is 14.0 Å². The molecular formula is C23H21FN2O2. The second-order valence-electron chi connectivity index (χ2n) is 6.35. The number of halogens is 1. The van der Waals surface area contributed by atoms with Gasteiger partial charge in [0.05, 0.1) is 0 Å². The summed E-state index contributed by atoms with van der Waals surface area (Å²) in [6.45, 7) is 0.589. The summed E-state index contributed by atoms with van der Waals surface area (Å²) in [5, 5.41) is 5.53. The van der Waals surface area contributed by atoms with Gasteiger partial charge in [-0.1, -0.05) is 54.6 Å². The van der Waals surface area contributed by atoms with E-state index in [1.54, 1.807) is 36.4 Å². The molecule has 0 saturated carbocycles. The van der Waals surface area contributed by atoms with Crippen LogP contribution in [0.4, 0.5) is 4.39 Å². The highest BCUT2D eigenvalue weighted by molar-refractivity contribution is 5.99. The average Bonchev–Trinajstić information content (AvgIpc) is 2.74. The van der Waals surface area contributed by atoms with Gasteiger partial charge < -0.3 is 10.6 Å². The zero-order valence-corrected chi connectivity index (χ0v) is 15.3. The van der Waals surface area contributed by atoms with Crippen molar-refractivity contribution in [3.05, 3.63) is 107 Å². The molecule has 0 bridgehead atoms. The summed E-state index contributed by atoms with van der Waals surface area (Å²) in [6, 6.07) is 22.6. The molecule has 2 amide bonds. The predicted molar refractivity (Wildman–Crippen MR) is 106 cm³/mol. The summed E-state index contributed by atoms with van der Waals surface area (Å²) >= 11 is 0. The molecule has 0 spiro atoms. The summed E-state index contributed by atoms with van der Waals surface area (Å²) in [5.74, 6) is -0.962. The van der Waals surface area contributed by atoms with E-state index in [1.807, 2.05) is 30.3 Å². The topological polar surface area (TPSA) is 58.2 Å². The molecular weight excluding hydrogens is 355 g/mol. The van der Waals surface area contributed by atoms with Crippen molar-refractivity contribution in [2.45, 2.75) is 13.0 Å². The maximum absolute atomic E-state index is 13.6. The van der Waals surface area contributed by atoms with Crippen molar-refractivity contribution in [3.8, 4) is 0 Å². The van der Waals surface area contributed by atoms with E-state index in [2.05, 4.69) is 10.6 Å². The van der Waals surface area contributed by atoms with Crippen molar-refractivity contribution in [2.24, 2.45) is 0 Å². The van der Waals surface area contributed by atoms with Crippen molar-refractivity contribution in [1.82, 2.24) is 10.6 Å². The molecule has 3 rings (SSSR count). The number of rotatable bonds is 7. The van der Waals surface area contributed by atoms with Gasteiger partial charge in [0.2, 0.25) is 0 Å². The minimum atomic E-state index is -0.366. The van der Waals surface area contributed by atoms with Crippen LogP contribution in [-0.4, -0.2) is 18.4 Å². The highest BCUT2D eigenvalue weighted by Crippen LogP contribution is 2.09. The Hall–Kier alpha value is -3.47. The van der Waals surface area contributed by atoms with Crippen LogP contribution in [0.1, 0.15) is 31.8 Å². The second-order valence-corrected chi connectivity index (χ2v) is 6.35. The van der Waals surface area contributed by atoms with Gasteiger partial charge >= 0.3 is 0 Å². The highest BCUT2D eigenvalue weighted by atomic mass is 19.1. The zero-order valence-electron chi connectivity index (χ0n) is 15.3. The van der Waals surface area contributed by atoms with Crippen molar-refractivity contribution < 1.29 is 14.0 Å². The van der Waals surface area contributed by atoms with Gasteiger partial charge in [-0.05, 0) is 36.2 Å². The van der Waals surface area contributed by atoms with E-state index >= 15 is 0 Å². The average molecular weight is 376 g/mol. The predicted octanol–water partition coefficient (Wildman–Crippen LogP) is 3.73. The van der Waals surface area contributed by atoms with Crippen molar-refractivity contribution in [1.29, 1.82) is 0 Å². The molecule has 2 N–H and O–H groups in total. The number of hydrogen-bond acceptors (Lipinski definition) is 2. The van der Waals surface area contributed by atoms with Gasteiger partial charge in [-0.15, -0.1) is 0 Å². The van der Waals surface area contributed by atoms with Crippen LogP contribution in [0, 0.1) is 5.82 Å². The van der Waals surface area contributed by atoms with E-state index in [4.69, 9.17) is 0 Å². The van der Waals surface area contributed by atoms with Crippen molar-refractivity contribution in [3.63, 3.8) is 0 Å². The van der Waals surface area contributed by atoms with Gasteiger partial charge in [-0.25, -0.2) is 4.39 Å². The normalized spacial score (nSPS) is 10.3. The first kappa shape index (κ1) is 19.3.